The Morgan fingerprint density at radius 2 is 2.00 bits per heavy atom. The number of phenols is 1. The van der Waals surface area contributed by atoms with Gasteiger partial charge in [0.2, 0.25) is 11.1 Å². The number of halogens is 1. The molecule has 0 fully saturated rings. The van der Waals surface area contributed by atoms with Crippen molar-refractivity contribution in [2.75, 3.05) is 5.73 Å². The van der Waals surface area contributed by atoms with Crippen LogP contribution in [0.3, 0.4) is 0 Å². The number of hydrogen-bond donors (Lipinski definition) is 2. The molecule has 0 unspecified atom stereocenters. The molecule has 92 valence electrons. The van der Waals surface area contributed by atoms with Crippen molar-refractivity contribution < 1.29 is 10.0 Å². The van der Waals surface area contributed by atoms with Crippen LogP contribution in [0.15, 0.2) is 24.3 Å². The van der Waals surface area contributed by atoms with Crippen molar-refractivity contribution in [3.05, 3.63) is 39.5 Å². The summed E-state index contributed by atoms with van der Waals surface area (Å²) in [5.41, 5.74) is 4.96. The Hall–Kier alpha value is -2.41. The first kappa shape index (κ1) is 12.1. The molecular formula is C10H7ClN4O3. The topological polar surface area (TPSA) is 115 Å². The molecule has 0 aliphatic carbocycles. The molecule has 3 N–H and O–H groups in total. The van der Waals surface area contributed by atoms with Gasteiger partial charge in [0.15, 0.2) is 5.69 Å². The van der Waals surface area contributed by atoms with E-state index in [9.17, 15) is 15.2 Å². The lowest BCUT2D eigenvalue weighted by Gasteiger charge is -2.06. The molecule has 0 aliphatic heterocycles. The monoisotopic (exact) mass is 266 g/mol. The Morgan fingerprint density at radius 1 is 1.33 bits per heavy atom. The van der Waals surface area contributed by atoms with Gasteiger partial charge in [-0.3, -0.25) is 10.1 Å². The Morgan fingerprint density at radius 3 is 2.61 bits per heavy atom. The lowest BCUT2D eigenvalue weighted by molar-refractivity contribution is -0.384. The highest BCUT2D eigenvalue weighted by molar-refractivity contribution is 6.32. The third-order valence-corrected chi connectivity index (χ3v) is 2.46. The van der Waals surface area contributed by atoms with Crippen molar-refractivity contribution in [1.29, 1.82) is 0 Å². The van der Waals surface area contributed by atoms with Gasteiger partial charge in [-0.25, -0.2) is 4.98 Å². The van der Waals surface area contributed by atoms with E-state index < -0.39 is 10.6 Å². The zero-order chi connectivity index (χ0) is 13.3. The molecule has 1 heterocycles. The maximum atomic E-state index is 11.0. The first-order valence-electron chi connectivity index (χ1n) is 4.76. The molecule has 0 radical (unpaired) electrons. The van der Waals surface area contributed by atoms with E-state index in [1.54, 1.807) is 12.1 Å². The molecule has 0 saturated heterocycles. The number of aromatic nitrogens is 2. The Kier molecular flexibility index (Phi) is 2.99. The number of nitrogens with two attached hydrogens (primary N) is 1. The maximum Gasteiger partial charge on any atom is 0.332 e. The third kappa shape index (κ3) is 2.03. The van der Waals surface area contributed by atoms with Crippen molar-refractivity contribution >= 4 is 23.2 Å². The molecule has 0 aliphatic rings. The van der Waals surface area contributed by atoms with E-state index in [2.05, 4.69) is 9.97 Å². The van der Waals surface area contributed by atoms with E-state index in [0.717, 1.165) is 0 Å². The van der Waals surface area contributed by atoms with E-state index in [1.807, 2.05) is 0 Å². The summed E-state index contributed by atoms with van der Waals surface area (Å²) in [7, 11) is 0. The second-order valence-electron chi connectivity index (χ2n) is 3.34. The van der Waals surface area contributed by atoms with Crippen LogP contribution in [-0.4, -0.2) is 20.0 Å². The van der Waals surface area contributed by atoms with Gasteiger partial charge in [-0.2, -0.15) is 4.98 Å². The largest absolute Gasteiger partial charge is 0.507 e. The molecule has 1 aromatic heterocycles. The predicted octanol–water partition coefficient (Wildman–Crippen LogP) is 1.99. The van der Waals surface area contributed by atoms with Gasteiger partial charge in [-0.05, 0) is 12.1 Å². The molecule has 2 rings (SSSR count). The number of nitrogen functional groups attached to an aromatic ring is 1. The summed E-state index contributed by atoms with van der Waals surface area (Å²) in [6.45, 7) is 0. The SMILES string of the molecule is Nc1nc(Cl)c([N+](=O)[O-])c(-c2ccccc2O)n1. The first-order valence-corrected chi connectivity index (χ1v) is 5.14. The lowest BCUT2D eigenvalue weighted by Crippen LogP contribution is -2.02. The Labute approximate surface area is 106 Å². The minimum atomic E-state index is -0.719. The minimum Gasteiger partial charge on any atom is -0.507 e. The van der Waals surface area contributed by atoms with E-state index in [1.165, 1.54) is 12.1 Å². The zero-order valence-electron chi connectivity index (χ0n) is 8.87. The number of rotatable bonds is 2. The second-order valence-corrected chi connectivity index (χ2v) is 3.70. The zero-order valence-corrected chi connectivity index (χ0v) is 9.63. The molecule has 8 heteroatoms. The number of aromatic hydroxyl groups is 1. The van der Waals surface area contributed by atoms with E-state index in [4.69, 9.17) is 17.3 Å². The number of nitro groups is 1. The molecular weight excluding hydrogens is 260 g/mol. The first-order chi connectivity index (χ1) is 8.50. The van der Waals surface area contributed by atoms with Gasteiger partial charge in [0.1, 0.15) is 5.75 Å². The average Bonchev–Trinajstić information content (AvgIpc) is 2.27. The van der Waals surface area contributed by atoms with Crippen LogP contribution >= 0.6 is 11.6 Å². The normalized spacial score (nSPS) is 10.3. The molecule has 0 saturated carbocycles. The van der Waals surface area contributed by atoms with Crippen LogP contribution < -0.4 is 5.73 Å². The highest BCUT2D eigenvalue weighted by Gasteiger charge is 2.25. The van der Waals surface area contributed by atoms with Crippen LogP contribution in [0.1, 0.15) is 0 Å². The summed E-state index contributed by atoms with van der Waals surface area (Å²) in [4.78, 5) is 17.5. The van der Waals surface area contributed by atoms with Gasteiger partial charge in [-0.1, -0.05) is 23.7 Å². The van der Waals surface area contributed by atoms with Gasteiger partial charge in [-0.15, -0.1) is 0 Å². The van der Waals surface area contributed by atoms with Crippen molar-refractivity contribution in [2.24, 2.45) is 0 Å². The lowest BCUT2D eigenvalue weighted by atomic mass is 10.1. The van der Waals surface area contributed by atoms with Gasteiger partial charge in [0.25, 0.3) is 0 Å². The van der Waals surface area contributed by atoms with Crippen molar-refractivity contribution in [1.82, 2.24) is 9.97 Å². The van der Waals surface area contributed by atoms with Crippen LogP contribution in [0.25, 0.3) is 11.3 Å². The predicted molar refractivity (Wildman–Crippen MR) is 65.2 cm³/mol. The van der Waals surface area contributed by atoms with Crippen LogP contribution in [0.4, 0.5) is 11.6 Å². The van der Waals surface area contributed by atoms with Crippen LogP contribution in [0.5, 0.6) is 5.75 Å². The standard InChI is InChI=1S/C10H7ClN4O3/c11-9-8(15(17)18)7(13-10(12)14-9)5-3-1-2-4-6(5)16/h1-4,16H,(H2,12,13,14). The minimum absolute atomic E-state index is 0.115. The summed E-state index contributed by atoms with van der Waals surface area (Å²) in [5, 5.41) is 20.3. The second kappa shape index (κ2) is 4.46. The molecule has 0 amide bonds. The Bertz CT molecular complexity index is 633. The van der Waals surface area contributed by atoms with Gasteiger partial charge < -0.3 is 10.8 Å². The fraction of sp³-hybridized carbons (Fsp3) is 0. The molecule has 2 aromatic rings. The average molecular weight is 267 g/mol. The van der Waals surface area contributed by atoms with Crippen molar-refractivity contribution in [2.45, 2.75) is 0 Å². The molecule has 18 heavy (non-hydrogen) atoms. The number of anilines is 1. The molecule has 7 nitrogen and oxygen atoms in total. The van der Waals surface area contributed by atoms with Gasteiger partial charge >= 0.3 is 5.69 Å². The van der Waals surface area contributed by atoms with Crippen LogP contribution in [0.2, 0.25) is 5.15 Å². The van der Waals surface area contributed by atoms with E-state index in [0.29, 0.717) is 0 Å². The number of para-hydroxylation sites is 1. The number of hydrogen-bond acceptors (Lipinski definition) is 6. The third-order valence-electron chi connectivity index (χ3n) is 2.20. The summed E-state index contributed by atoms with van der Waals surface area (Å²) in [5.74, 6) is -0.362. The van der Waals surface area contributed by atoms with Crippen molar-refractivity contribution in [3.8, 4) is 17.0 Å². The maximum absolute atomic E-state index is 11.0. The van der Waals surface area contributed by atoms with Gasteiger partial charge in [0.05, 0.1) is 4.92 Å². The molecule has 0 atom stereocenters. The number of nitrogens with zero attached hydrogens (tertiary/aromatic N) is 3. The van der Waals surface area contributed by atoms with Crippen LogP contribution in [0, 0.1) is 10.1 Å². The van der Waals surface area contributed by atoms with Crippen LogP contribution in [-0.2, 0) is 0 Å². The smallest absolute Gasteiger partial charge is 0.332 e. The summed E-state index contributed by atoms with van der Waals surface area (Å²) in [6, 6.07) is 6.04. The van der Waals surface area contributed by atoms with Crippen molar-refractivity contribution in [3.63, 3.8) is 0 Å². The fourth-order valence-electron chi connectivity index (χ4n) is 1.47. The fourth-order valence-corrected chi connectivity index (χ4v) is 1.71. The van der Waals surface area contributed by atoms with Gasteiger partial charge in [0, 0.05) is 5.56 Å². The van der Waals surface area contributed by atoms with E-state index in [-0.39, 0.29) is 28.1 Å². The number of phenolic OH excluding ortho intramolecular Hbond substituents is 1. The summed E-state index contributed by atoms with van der Waals surface area (Å²) in [6.07, 6.45) is 0. The van der Waals surface area contributed by atoms with E-state index >= 15 is 0 Å². The summed E-state index contributed by atoms with van der Waals surface area (Å²) >= 11 is 5.68. The molecule has 1 aromatic carbocycles. The molecule has 0 bridgehead atoms. The number of benzene rings is 1. The molecule has 0 spiro atoms. The Balaban J connectivity index is 2.78. The summed E-state index contributed by atoms with van der Waals surface area (Å²) < 4.78 is 0. The highest BCUT2D eigenvalue weighted by Crippen LogP contribution is 2.37. The quantitative estimate of drug-likeness (QED) is 0.488. The highest BCUT2D eigenvalue weighted by atomic mass is 35.5.